The molecule has 0 radical (unpaired) electrons. The van der Waals surface area contributed by atoms with Gasteiger partial charge in [0.1, 0.15) is 5.82 Å². The molecule has 7 nitrogen and oxygen atoms in total. The van der Waals surface area contributed by atoms with Gasteiger partial charge in [-0.05, 0) is 47.5 Å². The van der Waals surface area contributed by atoms with Crippen molar-refractivity contribution in [3.05, 3.63) is 89.2 Å². The van der Waals surface area contributed by atoms with Crippen molar-refractivity contribution in [2.24, 2.45) is 5.92 Å². The molecule has 36 heavy (non-hydrogen) atoms. The Kier molecular flexibility index (Phi) is 7.73. The number of hydrogen-bond acceptors (Lipinski definition) is 5. The summed E-state index contributed by atoms with van der Waals surface area (Å²) in [5.74, 6) is -0.0752. The highest BCUT2D eigenvalue weighted by Crippen LogP contribution is 2.43. The molecule has 1 aliphatic heterocycles. The van der Waals surface area contributed by atoms with E-state index in [1.807, 2.05) is 30.3 Å². The summed E-state index contributed by atoms with van der Waals surface area (Å²) in [4.78, 5) is 28.3. The molecule has 1 heterocycles. The van der Waals surface area contributed by atoms with Crippen LogP contribution in [-0.4, -0.2) is 51.1 Å². The van der Waals surface area contributed by atoms with Gasteiger partial charge < -0.3 is 24.4 Å². The summed E-state index contributed by atoms with van der Waals surface area (Å²) in [5.41, 5.74) is 2.15. The number of likely N-dealkylation sites (tertiary alicyclic amines) is 1. The van der Waals surface area contributed by atoms with Crippen molar-refractivity contribution in [1.82, 2.24) is 10.2 Å². The van der Waals surface area contributed by atoms with Crippen molar-refractivity contribution in [3.8, 4) is 17.2 Å². The lowest BCUT2D eigenvalue weighted by Crippen LogP contribution is -2.35. The lowest BCUT2D eigenvalue weighted by molar-refractivity contribution is -0.125. The first-order valence-corrected chi connectivity index (χ1v) is 11.6. The Bertz CT molecular complexity index is 1190. The first-order chi connectivity index (χ1) is 17.4. The van der Waals surface area contributed by atoms with Crippen LogP contribution in [-0.2, 0) is 11.3 Å². The number of carbonyl (C=O) groups is 2. The normalized spacial score (nSPS) is 16.9. The number of rotatable bonds is 8. The van der Waals surface area contributed by atoms with Gasteiger partial charge in [0.25, 0.3) is 5.91 Å². The van der Waals surface area contributed by atoms with E-state index in [0.29, 0.717) is 29.4 Å². The SMILES string of the molecule is COc1cc([C@H]2CN(C(=O)c3ccccc3)C[C@@H]2C(=O)NCc2ccc(F)cc2)cc(OC)c1OC. The number of ether oxygens (including phenoxy) is 3. The molecule has 1 N–H and O–H groups in total. The van der Waals surface area contributed by atoms with E-state index < -0.39 is 5.92 Å². The van der Waals surface area contributed by atoms with Gasteiger partial charge in [0.15, 0.2) is 11.5 Å². The van der Waals surface area contributed by atoms with Crippen LogP contribution in [0.1, 0.15) is 27.4 Å². The number of amides is 2. The van der Waals surface area contributed by atoms with Crippen molar-refractivity contribution in [2.45, 2.75) is 12.5 Å². The van der Waals surface area contributed by atoms with Crippen LogP contribution < -0.4 is 19.5 Å². The van der Waals surface area contributed by atoms with Crippen LogP contribution in [0.3, 0.4) is 0 Å². The molecule has 0 spiro atoms. The summed E-state index contributed by atoms with van der Waals surface area (Å²) in [6.45, 7) is 0.857. The quantitative estimate of drug-likeness (QED) is 0.514. The summed E-state index contributed by atoms with van der Waals surface area (Å²) < 4.78 is 29.7. The average molecular weight is 493 g/mol. The minimum atomic E-state index is -0.513. The molecule has 0 bridgehead atoms. The first-order valence-electron chi connectivity index (χ1n) is 11.6. The smallest absolute Gasteiger partial charge is 0.253 e. The second-order valence-electron chi connectivity index (χ2n) is 8.59. The van der Waals surface area contributed by atoms with Crippen LogP contribution in [0.5, 0.6) is 17.2 Å². The molecule has 0 saturated carbocycles. The molecule has 1 saturated heterocycles. The second-order valence-corrected chi connectivity index (χ2v) is 8.59. The van der Waals surface area contributed by atoms with Gasteiger partial charge in [-0.2, -0.15) is 0 Å². The van der Waals surface area contributed by atoms with Gasteiger partial charge in [-0.1, -0.05) is 30.3 Å². The van der Waals surface area contributed by atoms with Gasteiger partial charge in [0.05, 0.1) is 27.2 Å². The topological polar surface area (TPSA) is 77.1 Å². The van der Waals surface area contributed by atoms with Crippen molar-refractivity contribution in [3.63, 3.8) is 0 Å². The molecule has 4 rings (SSSR count). The number of halogens is 1. The highest BCUT2D eigenvalue weighted by atomic mass is 19.1. The van der Waals surface area contributed by atoms with Crippen LogP contribution in [0.2, 0.25) is 0 Å². The summed E-state index contributed by atoms with van der Waals surface area (Å²) in [7, 11) is 4.60. The predicted octanol–water partition coefficient (Wildman–Crippen LogP) is 4.02. The van der Waals surface area contributed by atoms with Crippen molar-refractivity contribution >= 4 is 11.8 Å². The third kappa shape index (κ3) is 5.27. The predicted molar refractivity (Wildman–Crippen MR) is 133 cm³/mol. The minimum Gasteiger partial charge on any atom is -0.493 e. The van der Waals surface area contributed by atoms with E-state index in [-0.39, 0.29) is 36.6 Å². The molecule has 0 aromatic heterocycles. The molecular weight excluding hydrogens is 463 g/mol. The van der Waals surface area contributed by atoms with E-state index in [2.05, 4.69) is 5.32 Å². The van der Waals surface area contributed by atoms with E-state index in [1.165, 1.54) is 33.5 Å². The van der Waals surface area contributed by atoms with E-state index in [4.69, 9.17) is 14.2 Å². The summed E-state index contributed by atoms with van der Waals surface area (Å²) >= 11 is 0. The number of carbonyl (C=O) groups excluding carboxylic acids is 2. The molecule has 0 aliphatic carbocycles. The number of methoxy groups -OCH3 is 3. The number of benzene rings is 3. The maximum absolute atomic E-state index is 13.4. The Hall–Kier alpha value is -4.07. The minimum absolute atomic E-state index is 0.137. The van der Waals surface area contributed by atoms with Crippen molar-refractivity contribution < 1.29 is 28.2 Å². The lowest BCUT2D eigenvalue weighted by atomic mass is 9.87. The molecule has 2 amide bonds. The Morgan fingerprint density at radius 2 is 1.56 bits per heavy atom. The zero-order valence-corrected chi connectivity index (χ0v) is 20.5. The second kappa shape index (κ2) is 11.1. The fourth-order valence-electron chi connectivity index (χ4n) is 4.57. The van der Waals surface area contributed by atoms with Gasteiger partial charge in [-0.15, -0.1) is 0 Å². The van der Waals surface area contributed by atoms with Crippen LogP contribution in [0.25, 0.3) is 0 Å². The fraction of sp³-hybridized carbons (Fsp3) is 0.286. The molecule has 3 aromatic rings. The zero-order chi connectivity index (χ0) is 25.7. The highest BCUT2D eigenvalue weighted by Gasteiger charge is 2.41. The van der Waals surface area contributed by atoms with Crippen LogP contribution in [0.4, 0.5) is 4.39 Å². The van der Waals surface area contributed by atoms with Crippen molar-refractivity contribution in [1.29, 1.82) is 0 Å². The van der Waals surface area contributed by atoms with Crippen molar-refractivity contribution in [2.75, 3.05) is 34.4 Å². The summed E-state index contributed by atoms with van der Waals surface area (Å²) in [6, 6.07) is 18.6. The fourth-order valence-corrected chi connectivity index (χ4v) is 4.57. The van der Waals surface area contributed by atoms with Crippen LogP contribution >= 0.6 is 0 Å². The molecular formula is C28H29FN2O5. The zero-order valence-electron chi connectivity index (χ0n) is 20.5. The van der Waals surface area contributed by atoms with E-state index in [0.717, 1.165) is 11.1 Å². The Morgan fingerprint density at radius 1 is 0.917 bits per heavy atom. The van der Waals surface area contributed by atoms with Crippen LogP contribution in [0, 0.1) is 11.7 Å². The molecule has 0 unspecified atom stereocenters. The third-order valence-corrected chi connectivity index (χ3v) is 6.46. The largest absolute Gasteiger partial charge is 0.493 e. The standard InChI is InChI=1S/C28H29FN2O5/c1-34-24-13-20(14-25(35-2)26(24)36-3)22-16-31(28(33)19-7-5-4-6-8-19)17-23(22)27(32)30-15-18-9-11-21(29)12-10-18/h4-14,22-23H,15-17H2,1-3H3,(H,30,32)/t22-,23+/m1/s1. The van der Waals surface area contributed by atoms with Crippen LogP contribution in [0.15, 0.2) is 66.7 Å². The van der Waals surface area contributed by atoms with E-state index in [1.54, 1.807) is 29.2 Å². The average Bonchev–Trinajstić information content (AvgIpc) is 3.37. The first kappa shape index (κ1) is 25.0. The highest BCUT2D eigenvalue weighted by molar-refractivity contribution is 5.95. The lowest BCUT2D eigenvalue weighted by Gasteiger charge is -2.21. The Morgan fingerprint density at radius 3 is 2.14 bits per heavy atom. The summed E-state index contributed by atoms with van der Waals surface area (Å²) in [5, 5.41) is 2.95. The molecule has 2 atom stereocenters. The Labute approximate surface area is 209 Å². The summed E-state index contributed by atoms with van der Waals surface area (Å²) in [6.07, 6.45) is 0. The van der Waals surface area contributed by atoms with E-state index >= 15 is 0 Å². The molecule has 1 aliphatic rings. The number of nitrogens with zero attached hydrogens (tertiary/aromatic N) is 1. The van der Waals surface area contributed by atoms with Gasteiger partial charge >= 0.3 is 0 Å². The molecule has 3 aromatic carbocycles. The monoisotopic (exact) mass is 492 g/mol. The van der Waals surface area contributed by atoms with Gasteiger partial charge in [-0.25, -0.2) is 4.39 Å². The Balaban J connectivity index is 1.64. The maximum Gasteiger partial charge on any atom is 0.253 e. The third-order valence-electron chi connectivity index (χ3n) is 6.46. The number of nitrogens with one attached hydrogen (secondary N) is 1. The molecule has 188 valence electrons. The van der Waals surface area contributed by atoms with Gasteiger partial charge in [-0.3, -0.25) is 9.59 Å². The maximum atomic E-state index is 13.4. The molecule has 1 fully saturated rings. The number of hydrogen-bond donors (Lipinski definition) is 1. The van der Waals surface area contributed by atoms with Gasteiger partial charge in [0, 0.05) is 31.1 Å². The molecule has 8 heteroatoms. The van der Waals surface area contributed by atoms with E-state index in [9.17, 15) is 14.0 Å². The van der Waals surface area contributed by atoms with Gasteiger partial charge in [0.2, 0.25) is 11.7 Å².